The molecule has 0 bridgehead atoms. The number of rotatable bonds is 28. The summed E-state index contributed by atoms with van der Waals surface area (Å²) in [6.45, 7) is 9.83. The largest absolute Gasteiger partial charge is 0.494 e. The fourth-order valence-electron chi connectivity index (χ4n) is 7.49. The van der Waals surface area contributed by atoms with Crippen LogP contribution in [-0.2, 0) is 13.6 Å². The van der Waals surface area contributed by atoms with Crippen molar-refractivity contribution in [2.75, 3.05) is 25.6 Å². The predicted molar refractivity (Wildman–Crippen MR) is 263 cm³/mol. The summed E-state index contributed by atoms with van der Waals surface area (Å²) in [5, 5.41) is 11.0. The van der Waals surface area contributed by atoms with Crippen LogP contribution in [0.25, 0.3) is 23.3 Å². The van der Waals surface area contributed by atoms with Crippen LogP contribution < -0.4 is 24.7 Å². The van der Waals surface area contributed by atoms with E-state index >= 15 is 0 Å². The van der Waals surface area contributed by atoms with Crippen molar-refractivity contribution in [2.45, 2.75) is 149 Å². The maximum absolute atomic E-state index is 13.8. The summed E-state index contributed by atoms with van der Waals surface area (Å²) in [5.41, 5.74) is 6.42. The molecular weight excluding hydrogens is 807 g/mol. The van der Waals surface area contributed by atoms with E-state index in [9.17, 15) is 14.7 Å². The van der Waals surface area contributed by atoms with Gasteiger partial charge in [-0.25, -0.2) is 4.79 Å². The summed E-state index contributed by atoms with van der Waals surface area (Å²) in [4.78, 5) is 29.4. The first-order valence-corrected chi connectivity index (χ1v) is 23.9. The van der Waals surface area contributed by atoms with Crippen molar-refractivity contribution in [3.05, 3.63) is 98.2 Å². The van der Waals surface area contributed by atoms with Gasteiger partial charge in [-0.15, -0.1) is 5.73 Å². The number of aromatic hydroxyl groups is 1. The lowest BCUT2D eigenvalue weighted by Gasteiger charge is -2.23. The molecule has 9 nitrogen and oxygen atoms in total. The van der Waals surface area contributed by atoms with Crippen LogP contribution in [0.15, 0.2) is 71.2 Å². The Morgan fingerprint density at radius 1 is 0.778 bits per heavy atom. The van der Waals surface area contributed by atoms with Crippen LogP contribution in [-0.4, -0.2) is 47.0 Å². The highest BCUT2D eigenvalue weighted by molar-refractivity contribution is 7.71. The van der Waals surface area contributed by atoms with E-state index in [2.05, 4.69) is 33.4 Å². The van der Waals surface area contributed by atoms with Gasteiger partial charge >= 0.3 is 5.97 Å². The van der Waals surface area contributed by atoms with Crippen molar-refractivity contribution >= 4 is 36.0 Å². The highest BCUT2D eigenvalue weighted by Gasteiger charge is 2.19. The number of aromatic nitrogens is 2. The van der Waals surface area contributed by atoms with Gasteiger partial charge in [-0.1, -0.05) is 129 Å². The van der Waals surface area contributed by atoms with Crippen LogP contribution in [0.5, 0.6) is 23.1 Å². The van der Waals surface area contributed by atoms with Crippen LogP contribution in [0.2, 0.25) is 0 Å². The summed E-state index contributed by atoms with van der Waals surface area (Å²) in [6, 6.07) is 19.1. The molecule has 342 valence electrons. The van der Waals surface area contributed by atoms with Crippen LogP contribution in [0, 0.1) is 4.77 Å². The van der Waals surface area contributed by atoms with Crippen molar-refractivity contribution in [3.8, 4) is 34.3 Å². The molecule has 0 amide bonds. The minimum atomic E-state index is -0.524. The van der Waals surface area contributed by atoms with E-state index in [1.165, 1.54) is 66.6 Å². The molecule has 4 rings (SSSR count). The summed E-state index contributed by atoms with van der Waals surface area (Å²) < 4.78 is 21.9. The minimum absolute atomic E-state index is 0.0482. The summed E-state index contributed by atoms with van der Waals surface area (Å²) in [5.74, 6) is 1.01. The monoisotopic (exact) mass is 880 g/mol. The lowest BCUT2D eigenvalue weighted by Crippen LogP contribution is -2.26. The number of carbonyl (C=O) groups excluding carboxylic acids is 1. The molecule has 0 radical (unpaired) electrons. The van der Waals surface area contributed by atoms with Gasteiger partial charge in [0.15, 0.2) is 4.77 Å². The van der Waals surface area contributed by atoms with E-state index in [1.807, 2.05) is 61.5 Å². The average molecular weight is 880 g/mol. The number of carbonyl (C=O) groups is 1. The fourth-order valence-corrected chi connectivity index (χ4v) is 7.75. The summed E-state index contributed by atoms with van der Waals surface area (Å²) in [6.07, 6.45) is 22.6. The highest BCUT2D eigenvalue weighted by atomic mass is 32.1. The van der Waals surface area contributed by atoms with Crippen molar-refractivity contribution in [2.24, 2.45) is 7.05 Å². The van der Waals surface area contributed by atoms with Crippen LogP contribution in [0.1, 0.15) is 158 Å². The molecule has 0 aliphatic carbocycles. The Morgan fingerprint density at radius 3 is 1.97 bits per heavy atom. The summed E-state index contributed by atoms with van der Waals surface area (Å²) in [7, 11) is 5.48. The van der Waals surface area contributed by atoms with Crippen molar-refractivity contribution in [1.82, 2.24) is 9.13 Å². The molecule has 0 saturated carbocycles. The molecule has 63 heavy (non-hydrogen) atoms. The Bertz CT molecular complexity index is 2200. The third-order valence-electron chi connectivity index (χ3n) is 11.4. The number of unbranched alkanes of at least 4 members (excludes halogenated alkanes) is 13. The molecule has 0 aliphatic rings. The number of nitrogens with zero attached hydrogens (tertiary/aromatic N) is 3. The smallest absolute Gasteiger partial charge is 0.343 e. The Hall–Kier alpha value is -5.05. The fraction of sp³-hybridized carbons (Fsp3) is 0.509. The van der Waals surface area contributed by atoms with Crippen LogP contribution in [0.3, 0.4) is 0 Å². The van der Waals surface area contributed by atoms with Crippen LogP contribution in [0.4, 0.5) is 5.69 Å². The van der Waals surface area contributed by atoms with E-state index in [-0.39, 0.29) is 27.9 Å². The van der Waals surface area contributed by atoms with Crippen molar-refractivity contribution < 1.29 is 24.1 Å². The lowest BCUT2D eigenvalue weighted by atomic mass is 10.0. The van der Waals surface area contributed by atoms with E-state index in [0.717, 1.165) is 87.0 Å². The second kappa shape index (κ2) is 27.2. The predicted octanol–water partition coefficient (Wildman–Crippen LogP) is 13.7. The van der Waals surface area contributed by atoms with Gasteiger partial charge < -0.3 is 24.2 Å². The molecule has 0 aliphatic heterocycles. The molecular formula is C53H73N3O6S. The molecule has 1 aromatic heterocycles. The number of ether oxygens (including phenoxy) is 3. The summed E-state index contributed by atoms with van der Waals surface area (Å²) >= 11 is 5.54. The van der Waals surface area contributed by atoms with E-state index in [0.29, 0.717) is 29.2 Å². The van der Waals surface area contributed by atoms with Crippen LogP contribution >= 0.6 is 12.2 Å². The van der Waals surface area contributed by atoms with Gasteiger partial charge in [0.25, 0.3) is 5.56 Å². The maximum atomic E-state index is 13.8. The SMILES string of the molecule is CCCCCCCCCCOc1ccc(-c2ccc(C(=O)Oc3cc(N(C)C)c(O[C@@H](C)CCCCCC)cc3C=C=Cc3c(O)n(C)c(=S)n(CCCCCC)c3=O)cc2)cc1. The Labute approximate surface area is 382 Å². The number of benzene rings is 3. The molecule has 3 aromatic carbocycles. The third kappa shape index (κ3) is 15.9. The standard InChI is InChI=1S/C53H73N3O6S/c1-8-11-14-17-18-19-20-23-37-60-45-34-32-42(33-35-45)41-28-30-43(31-29-41)52(59)62-48-39-47(54(5)6)49(61-40(4)25-21-15-12-9-2)38-44(48)26-24-27-46-50(57)55(7)53(63)56(51(46)58)36-22-16-13-10-3/h26-35,38-40,57H,8-23,25,36-37H2,1-7H3/t24?,40-/m0/s1. The molecule has 1 N–H and O–H groups in total. The topological polar surface area (TPSA) is 95.2 Å². The maximum Gasteiger partial charge on any atom is 0.343 e. The Morgan fingerprint density at radius 2 is 1.35 bits per heavy atom. The second-order valence-corrected chi connectivity index (χ2v) is 17.3. The van der Waals surface area contributed by atoms with Gasteiger partial charge in [-0.2, -0.15) is 0 Å². The first-order chi connectivity index (χ1) is 30.5. The number of esters is 1. The number of hydrogen-bond donors (Lipinski definition) is 1. The second-order valence-electron chi connectivity index (χ2n) is 16.9. The van der Waals surface area contributed by atoms with Gasteiger partial charge in [-0.05, 0) is 98.4 Å². The zero-order chi connectivity index (χ0) is 45.6. The minimum Gasteiger partial charge on any atom is -0.494 e. The molecule has 4 aromatic rings. The van der Waals surface area contributed by atoms with E-state index in [1.54, 1.807) is 31.3 Å². The molecule has 0 saturated heterocycles. The van der Waals surface area contributed by atoms with Crippen molar-refractivity contribution in [3.63, 3.8) is 0 Å². The van der Waals surface area contributed by atoms with Gasteiger partial charge in [0.1, 0.15) is 22.8 Å². The molecule has 0 fully saturated rings. The Balaban J connectivity index is 1.57. The van der Waals surface area contributed by atoms with Crippen molar-refractivity contribution in [1.29, 1.82) is 0 Å². The molecule has 1 heterocycles. The zero-order valence-corrected chi connectivity index (χ0v) is 40.0. The zero-order valence-electron chi connectivity index (χ0n) is 39.2. The molecule has 0 unspecified atom stereocenters. The average Bonchev–Trinajstić information content (AvgIpc) is 3.28. The molecule has 1 atom stereocenters. The first kappa shape index (κ1) is 50.6. The third-order valence-corrected chi connectivity index (χ3v) is 11.9. The van der Waals surface area contributed by atoms with Gasteiger partial charge in [0.2, 0.25) is 5.88 Å². The van der Waals surface area contributed by atoms with E-state index < -0.39 is 5.97 Å². The van der Waals surface area contributed by atoms with Gasteiger partial charge in [0.05, 0.1) is 24.0 Å². The van der Waals surface area contributed by atoms with Gasteiger partial charge in [-0.3, -0.25) is 13.9 Å². The first-order valence-electron chi connectivity index (χ1n) is 23.5. The lowest BCUT2D eigenvalue weighted by molar-refractivity contribution is 0.0734. The number of hydrogen-bond acceptors (Lipinski definition) is 8. The molecule has 10 heteroatoms. The van der Waals surface area contributed by atoms with E-state index in [4.69, 9.17) is 26.4 Å². The Kier molecular flexibility index (Phi) is 21.8. The normalized spacial score (nSPS) is 11.5. The molecule has 0 spiro atoms. The number of anilines is 1. The highest BCUT2D eigenvalue weighted by Crippen LogP contribution is 2.37. The van der Waals surface area contributed by atoms with Gasteiger partial charge in [0, 0.05) is 39.3 Å². The quantitative estimate of drug-likeness (QED) is 0.0198.